The topological polar surface area (TPSA) is 36.7 Å². The Balaban J connectivity index is 3.49. The average Bonchev–Trinajstić information content (AvgIpc) is 2.15. The SMILES string of the molecule is Cc1cc(C#N)c(C(C)C)c(C(C)C)n1. The van der Waals surface area contributed by atoms with Crippen LogP contribution >= 0.6 is 0 Å². The fraction of sp³-hybridized carbons (Fsp3) is 0.538. The summed E-state index contributed by atoms with van der Waals surface area (Å²) in [6.45, 7) is 10.4. The molecule has 15 heavy (non-hydrogen) atoms. The minimum atomic E-state index is 0.352. The Morgan fingerprint density at radius 3 is 2.20 bits per heavy atom. The summed E-state index contributed by atoms with van der Waals surface area (Å²) in [6, 6.07) is 4.15. The predicted octanol–water partition coefficient (Wildman–Crippen LogP) is 3.51. The van der Waals surface area contributed by atoms with Crippen LogP contribution in [-0.4, -0.2) is 4.98 Å². The van der Waals surface area contributed by atoms with Crippen LogP contribution < -0.4 is 0 Å². The molecule has 0 saturated heterocycles. The van der Waals surface area contributed by atoms with Gasteiger partial charge >= 0.3 is 0 Å². The van der Waals surface area contributed by atoms with Gasteiger partial charge in [-0.2, -0.15) is 5.26 Å². The lowest BCUT2D eigenvalue weighted by atomic mass is 9.91. The second kappa shape index (κ2) is 4.44. The van der Waals surface area contributed by atoms with Crippen molar-refractivity contribution in [3.63, 3.8) is 0 Å². The van der Waals surface area contributed by atoms with Gasteiger partial charge in [0.25, 0.3) is 0 Å². The summed E-state index contributed by atoms with van der Waals surface area (Å²) in [5, 5.41) is 9.12. The van der Waals surface area contributed by atoms with E-state index in [1.54, 1.807) is 0 Å². The van der Waals surface area contributed by atoms with E-state index in [0.717, 1.165) is 22.5 Å². The zero-order valence-electron chi connectivity index (χ0n) is 10.1. The van der Waals surface area contributed by atoms with Crippen LogP contribution in [0.3, 0.4) is 0 Å². The molecule has 1 aromatic heterocycles. The molecular formula is C13H18N2. The summed E-state index contributed by atoms with van der Waals surface area (Å²) in [5.41, 5.74) is 3.89. The highest BCUT2D eigenvalue weighted by atomic mass is 14.7. The van der Waals surface area contributed by atoms with E-state index in [1.165, 1.54) is 0 Å². The monoisotopic (exact) mass is 202 g/mol. The van der Waals surface area contributed by atoms with Crippen molar-refractivity contribution >= 4 is 0 Å². The fourth-order valence-corrected chi connectivity index (χ4v) is 1.85. The van der Waals surface area contributed by atoms with Gasteiger partial charge in [0.1, 0.15) is 0 Å². The van der Waals surface area contributed by atoms with Crippen LogP contribution in [-0.2, 0) is 0 Å². The van der Waals surface area contributed by atoms with Crippen molar-refractivity contribution in [2.24, 2.45) is 0 Å². The van der Waals surface area contributed by atoms with Gasteiger partial charge in [-0.1, -0.05) is 27.7 Å². The highest BCUT2D eigenvalue weighted by molar-refractivity contribution is 5.44. The van der Waals surface area contributed by atoms with Crippen LogP contribution in [0, 0.1) is 18.3 Å². The highest BCUT2D eigenvalue weighted by Crippen LogP contribution is 2.27. The molecule has 0 aliphatic heterocycles. The molecule has 0 spiro atoms. The Kier molecular flexibility index (Phi) is 3.47. The van der Waals surface area contributed by atoms with Crippen molar-refractivity contribution in [3.8, 4) is 6.07 Å². The van der Waals surface area contributed by atoms with Gasteiger partial charge in [-0.05, 0) is 30.4 Å². The first-order valence-electron chi connectivity index (χ1n) is 5.38. The maximum absolute atomic E-state index is 9.12. The van der Waals surface area contributed by atoms with Crippen molar-refractivity contribution in [3.05, 3.63) is 28.6 Å². The van der Waals surface area contributed by atoms with Crippen LogP contribution in [0.5, 0.6) is 0 Å². The van der Waals surface area contributed by atoms with Crippen molar-refractivity contribution in [2.75, 3.05) is 0 Å². The van der Waals surface area contributed by atoms with E-state index in [4.69, 9.17) is 5.26 Å². The third-order valence-corrected chi connectivity index (χ3v) is 2.46. The second-order valence-electron chi connectivity index (χ2n) is 4.53. The number of hydrogen-bond donors (Lipinski definition) is 0. The van der Waals surface area contributed by atoms with Gasteiger partial charge in [0.05, 0.1) is 11.6 Å². The van der Waals surface area contributed by atoms with E-state index >= 15 is 0 Å². The van der Waals surface area contributed by atoms with E-state index in [2.05, 4.69) is 38.7 Å². The quantitative estimate of drug-likeness (QED) is 0.735. The number of nitrogens with zero attached hydrogens (tertiary/aromatic N) is 2. The molecule has 0 unspecified atom stereocenters. The summed E-state index contributed by atoms with van der Waals surface area (Å²) in [5.74, 6) is 0.722. The Labute approximate surface area is 92.0 Å². The van der Waals surface area contributed by atoms with Crippen molar-refractivity contribution in [1.82, 2.24) is 4.98 Å². The Bertz CT molecular complexity index is 398. The Morgan fingerprint density at radius 1 is 1.20 bits per heavy atom. The van der Waals surface area contributed by atoms with E-state index in [-0.39, 0.29) is 0 Å². The standard InChI is InChI=1S/C13H18N2/c1-8(2)12-11(7-14)6-10(5)15-13(12)9(3)4/h6,8-9H,1-5H3. The number of aryl methyl sites for hydroxylation is 1. The van der Waals surface area contributed by atoms with Crippen LogP contribution in [0.2, 0.25) is 0 Å². The van der Waals surface area contributed by atoms with Gasteiger partial charge in [-0.15, -0.1) is 0 Å². The molecule has 0 aliphatic rings. The maximum Gasteiger partial charge on any atom is 0.0995 e. The molecule has 80 valence electrons. The van der Waals surface area contributed by atoms with Gasteiger partial charge in [0, 0.05) is 11.4 Å². The molecule has 0 atom stereocenters. The maximum atomic E-state index is 9.12. The molecule has 0 amide bonds. The summed E-state index contributed by atoms with van der Waals surface area (Å²) in [4.78, 5) is 4.55. The molecule has 0 N–H and O–H groups in total. The van der Waals surface area contributed by atoms with E-state index < -0.39 is 0 Å². The van der Waals surface area contributed by atoms with Crippen LogP contribution in [0.1, 0.15) is 62.0 Å². The summed E-state index contributed by atoms with van der Waals surface area (Å²) >= 11 is 0. The number of nitriles is 1. The molecule has 0 saturated carbocycles. The Morgan fingerprint density at radius 2 is 1.80 bits per heavy atom. The Hall–Kier alpha value is -1.36. The zero-order valence-corrected chi connectivity index (χ0v) is 10.1. The average molecular weight is 202 g/mol. The van der Waals surface area contributed by atoms with Crippen LogP contribution in [0.15, 0.2) is 6.07 Å². The van der Waals surface area contributed by atoms with Crippen LogP contribution in [0.4, 0.5) is 0 Å². The molecule has 0 aliphatic carbocycles. The first-order valence-corrected chi connectivity index (χ1v) is 5.38. The second-order valence-corrected chi connectivity index (χ2v) is 4.53. The summed E-state index contributed by atoms with van der Waals surface area (Å²) < 4.78 is 0. The van der Waals surface area contributed by atoms with E-state index in [1.807, 2.05) is 13.0 Å². The molecule has 1 rings (SSSR count). The first kappa shape index (κ1) is 11.7. The number of rotatable bonds is 2. The fourth-order valence-electron chi connectivity index (χ4n) is 1.85. The van der Waals surface area contributed by atoms with Crippen molar-refractivity contribution in [2.45, 2.75) is 46.5 Å². The smallest absolute Gasteiger partial charge is 0.0995 e. The van der Waals surface area contributed by atoms with E-state index in [0.29, 0.717) is 11.8 Å². The summed E-state index contributed by atoms with van der Waals surface area (Å²) in [6.07, 6.45) is 0. The molecule has 0 radical (unpaired) electrons. The summed E-state index contributed by atoms with van der Waals surface area (Å²) in [7, 11) is 0. The van der Waals surface area contributed by atoms with Crippen LogP contribution in [0.25, 0.3) is 0 Å². The lowest BCUT2D eigenvalue weighted by Crippen LogP contribution is -2.06. The largest absolute Gasteiger partial charge is 0.258 e. The molecule has 0 fully saturated rings. The van der Waals surface area contributed by atoms with Gasteiger partial charge in [0.2, 0.25) is 0 Å². The number of pyridine rings is 1. The highest BCUT2D eigenvalue weighted by Gasteiger charge is 2.16. The molecule has 1 aromatic rings. The van der Waals surface area contributed by atoms with Gasteiger partial charge in [-0.25, -0.2) is 0 Å². The molecule has 2 nitrogen and oxygen atoms in total. The molecule has 1 heterocycles. The normalized spacial score (nSPS) is 10.8. The van der Waals surface area contributed by atoms with Gasteiger partial charge in [-0.3, -0.25) is 4.98 Å². The lowest BCUT2D eigenvalue weighted by Gasteiger charge is -2.17. The zero-order chi connectivity index (χ0) is 11.6. The minimum Gasteiger partial charge on any atom is -0.258 e. The van der Waals surface area contributed by atoms with Gasteiger partial charge < -0.3 is 0 Å². The van der Waals surface area contributed by atoms with Crippen molar-refractivity contribution < 1.29 is 0 Å². The number of hydrogen-bond acceptors (Lipinski definition) is 2. The molecule has 2 heteroatoms. The lowest BCUT2D eigenvalue weighted by molar-refractivity contribution is 0.749. The predicted molar refractivity (Wildman–Crippen MR) is 61.9 cm³/mol. The van der Waals surface area contributed by atoms with E-state index in [9.17, 15) is 0 Å². The first-order chi connectivity index (χ1) is 6.97. The molecule has 0 aromatic carbocycles. The molecular weight excluding hydrogens is 184 g/mol. The third kappa shape index (κ3) is 2.36. The van der Waals surface area contributed by atoms with Crippen molar-refractivity contribution in [1.29, 1.82) is 5.26 Å². The minimum absolute atomic E-state index is 0.352. The van der Waals surface area contributed by atoms with Gasteiger partial charge in [0.15, 0.2) is 0 Å². The third-order valence-electron chi connectivity index (χ3n) is 2.46. The number of aromatic nitrogens is 1. The molecule has 0 bridgehead atoms.